The number of benzene rings is 1. The van der Waals surface area contributed by atoms with E-state index in [1.165, 1.54) is 23.5 Å². The average Bonchev–Trinajstić information content (AvgIpc) is 3.24. The molecule has 0 fully saturated rings. The predicted octanol–water partition coefficient (Wildman–Crippen LogP) is 3.24. The molecule has 0 aliphatic heterocycles. The van der Waals surface area contributed by atoms with Gasteiger partial charge in [-0.05, 0) is 42.8 Å². The molecule has 9 heteroatoms. The Morgan fingerprint density at radius 1 is 1.25 bits per heavy atom. The summed E-state index contributed by atoms with van der Waals surface area (Å²) in [4.78, 5) is 4.35. The number of aryl methyl sites for hydroxylation is 1. The second kappa shape index (κ2) is 6.93. The van der Waals surface area contributed by atoms with Crippen molar-refractivity contribution in [3.05, 3.63) is 53.4 Å². The Balaban J connectivity index is 1.74. The third-order valence-electron chi connectivity index (χ3n) is 3.02. The van der Waals surface area contributed by atoms with Gasteiger partial charge in [0.05, 0.1) is 23.1 Å². The lowest BCUT2D eigenvalue weighted by molar-refractivity contribution is 0.560. The van der Waals surface area contributed by atoms with Gasteiger partial charge in [-0.1, -0.05) is 18.3 Å². The molecule has 0 unspecified atom stereocenters. The summed E-state index contributed by atoms with van der Waals surface area (Å²) >= 11 is 1.22. The smallest absolute Gasteiger partial charge is 0.263 e. The molecule has 124 valence electrons. The number of nitrogens with zero attached hydrogens (tertiary/aromatic N) is 3. The first-order valence-electron chi connectivity index (χ1n) is 7.09. The number of hydrogen-bond acceptors (Lipinski definition) is 7. The molecular weight excluding hydrogens is 348 g/mol. The SMILES string of the molecule is CCc1nnc(NS(=O)(=O)c2ccc(N=Cc3ccco3)cc2)s1. The van der Waals surface area contributed by atoms with Crippen LogP contribution in [0, 0.1) is 0 Å². The number of aliphatic imine (C=N–C) groups is 1. The molecule has 0 saturated heterocycles. The third kappa shape index (κ3) is 3.87. The van der Waals surface area contributed by atoms with Crippen LogP contribution in [-0.4, -0.2) is 24.8 Å². The van der Waals surface area contributed by atoms with Crippen LogP contribution in [-0.2, 0) is 16.4 Å². The normalized spacial score (nSPS) is 11.9. The van der Waals surface area contributed by atoms with E-state index in [4.69, 9.17) is 4.42 Å². The fourth-order valence-electron chi connectivity index (χ4n) is 1.83. The van der Waals surface area contributed by atoms with Crippen molar-refractivity contribution < 1.29 is 12.8 Å². The predicted molar refractivity (Wildman–Crippen MR) is 92.5 cm³/mol. The fraction of sp³-hybridized carbons (Fsp3) is 0.133. The number of furan rings is 1. The molecule has 7 nitrogen and oxygen atoms in total. The standard InChI is InChI=1S/C15H14N4O3S2/c1-2-14-17-18-15(23-14)19-24(20,21)13-7-5-11(6-8-13)16-10-12-4-3-9-22-12/h3-10H,2H2,1H3,(H,18,19). The van der Waals surface area contributed by atoms with Crippen LogP contribution in [0.25, 0.3) is 0 Å². The van der Waals surface area contributed by atoms with Crippen molar-refractivity contribution in [3.8, 4) is 0 Å². The number of aromatic nitrogens is 2. The van der Waals surface area contributed by atoms with Crippen molar-refractivity contribution in [2.24, 2.45) is 4.99 Å². The van der Waals surface area contributed by atoms with Crippen LogP contribution < -0.4 is 4.72 Å². The molecule has 0 spiro atoms. The molecule has 0 radical (unpaired) electrons. The lowest BCUT2D eigenvalue weighted by atomic mass is 10.3. The summed E-state index contributed by atoms with van der Waals surface area (Å²) in [5.74, 6) is 0.622. The first-order chi connectivity index (χ1) is 11.6. The molecule has 0 bridgehead atoms. The molecule has 3 aromatic rings. The van der Waals surface area contributed by atoms with E-state index in [0.717, 1.165) is 5.01 Å². The molecule has 24 heavy (non-hydrogen) atoms. The maximum Gasteiger partial charge on any atom is 0.263 e. The summed E-state index contributed by atoms with van der Waals surface area (Å²) in [7, 11) is -3.70. The van der Waals surface area contributed by atoms with Gasteiger partial charge in [0.25, 0.3) is 10.0 Å². The Morgan fingerprint density at radius 3 is 2.67 bits per heavy atom. The van der Waals surface area contributed by atoms with Crippen LogP contribution in [0.3, 0.4) is 0 Å². The van der Waals surface area contributed by atoms with Crippen LogP contribution in [0.4, 0.5) is 10.8 Å². The summed E-state index contributed by atoms with van der Waals surface area (Å²) in [5.41, 5.74) is 0.620. The first-order valence-corrected chi connectivity index (χ1v) is 9.39. The van der Waals surface area contributed by atoms with Gasteiger partial charge in [0, 0.05) is 0 Å². The number of sulfonamides is 1. The monoisotopic (exact) mass is 362 g/mol. The lowest BCUT2D eigenvalue weighted by Crippen LogP contribution is -2.12. The van der Waals surface area contributed by atoms with E-state index in [1.54, 1.807) is 36.7 Å². The maximum absolute atomic E-state index is 12.3. The van der Waals surface area contributed by atoms with Crippen molar-refractivity contribution in [1.29, 1.82) is 0 Å². The molecule has 1 aromatic carbocycles. The van der Waals surface area contributed by atoms with Gasteiger partial charge in [-0.3, -0.25) is 9.71 Å². The van der Waals surface area contributed by atoms with Crippen LogP contribution in [0.1, 0.15) is 17.7 Å². The van der Waals surface area contributed by atoms with Crippen molar-refractivity contribution in [3.63, 3.8) is 0 Å². The molecule has 3 rings (SSSR count). The van der Waals surface area contributed by atoms with E-state index >= 15 is 0 Å². The van der Waals surface area contributed by atoms with E-state index in [2.05, 4.69) is 19.9 Å². The summed E-state index contributed by atoms with van der Waals surface area (Å²) in [6, 6.07) is 9.74. The van der Waals surface area contributed by atoms with Crippen molar-refractivity contribution >= 4 is 38.4 Å². The average molecular weight is 362 g/mol. The molecule has 0 saturated carbocycles. The van der Waals surface area contributed by atoms with E-state index in [-0.39, 0.29) is 10.0 Å². The van der Waals surface area contributed by atoms with Gasteiger partial charge in [0.1, 0.15) is 10.8 Å². The largest absolute Gasteiger partial charge is 0.463 e. The van der Waals surface area contributed by atoms with E-state index < -0.39 is 10.0 Å². The second-order valence-corrected chi connectivity index (χ2v) is 7.47. The Hall–Kier alpha value is -2.52. The topological polar surface area (TPSA) is 97.5 Å². The molecule has 0 aliphatic rings. The highest BCUT2D eigenvalue weighted by atomic mass is 32.2. The third-order valence-corrected chi connectivity index (χ3v) is 5.49. The van der Waals surface area contributed by atoms with Crippen molar-refractivity contribution in [2.75, 3.05) is 4.72 Å². The minimum absolute atomic E-state index is 0.132. The number of hydrogen-bond donors (Lipinski definition) is 1. The molecule has 0 atom stereocenters. The van der Waals surface area contributed by atoms with Crippen molar-refractivity contribution in [1.82, 2.24) is 10.2 Å². The summed E-state index contributed by atoms with van der Waals surface area (Å²) in [6.07, 6.45) is 3.83. The summed E-state index contributed by atoms with van der Waals surface area (Å²) in [5, 5.41) is 8.74. The molecule has 0 amide bonds. The van der Waals surface area contributed by atoms with Crippen LogP contribution in [0.5, 0.6) is 0 Å². The lowest BCUT2D eigenvalue weighted by Gasteiger charge is -2.04. The summed E-state index contributed by atoms with van der Waals surface area (Å²) in [6.45, 7) is 1.93. The Morgan fingerprint density at radius 2 is 2.04 bits per heavy atom. The Kier molecular flexibility index (Phi) is 4.72. The molecule has 2 heterocycles. The van der Waals surface area contributed by atoms with E-state index in [9.17, 15) is 8.42 Å². The molecule has 0 aliphatic carbocycles. The van der Waals surface area contributed by atoms with Crippen LogP contribution >= 0.6 is 11.3 Å². The van der Waals surface area contributed by atoms with Gasteiger partial charge in [-0.25, -0.2) is 8.42 Å². The van der Waals surface area contributed by atoms with Crippen molar-refractivity contribution in [2.45, 2.75) is 18.2 Å². The first kappa shape index (κ1) is 16.3. The minimum Gasteiger partial charge on any atom is -0.463 e. The van der Waals surface area contributed by atoms with Gasteiger partial charge in [-0.2, -0.15) is 0 Å². The van der Waals surface area contributed by atoms with Gasteiger partial charge >= 0.3 is 0 Å². The molecule has 1 N–H and O–H groups in total. The van der Waals surface area contributed by atoms with E-state index in [0.29, 0.717) is 17.9 Å². The van der Waals surface area contributed by atoms with Gasteiger partial charge in [0.2, 0.25) is 5.13 Å². The zero-order valence-electron chi connectivity index (χ0n) is 12.7. The van der Waals surface area contributed by atoms with Crippen LogP contribution in [0.2, 0.25) is 0 Å². The molecule has 2 aromatic heterocycles. The summed E-state index contributed by atoms with van der Waals surface area (Å²) < 4.78 is 32.2. The zero-order valence-corrected chi connectivity index (χ0v) is 14.3. The zero-order chi connectivity index (χ0) is 17.0. The second-order valence-electron chi connectivity index (χ2n) is 4.73. The van der Waals surface area contributed by atoms with Crippen LogP contribution in [0.15, 0.2) is 57.0 Å². The number of nitrogens with one attached hydrogen (secondary N) is 1. The highest BCUT2D eigenvalue weighted by Crippen LogP contribution is 2.22. The highest BCUT2D eigenvalue weighted by molar-refractivity contribution is 7.93. The van der Waals surface area contributed by atoms with Gasteiger partial charge < -0.3 is 4.42 Å². The van der Waals surface area contributed by atoms with Gasteiger partial charge in [-0.15, -0.1) is 10.2 Å². The van der Waals surface area contributed by atoms with Gasteiger partial charge in [0.15, 0.2) is 0 Å². The Bertz CT molecular complexity index is 930. The highest BCUT2D eigenvalue weighted by Gasteiger charge is 2.16. The quantitative estimate of drug-likeness (QED) is 0.679. The van der Waals surface area contributed by atoms with E-state index in [1.807, 2.05) is 6.92 Å². The molecular formula is C15H14N4O3S2. The maximum atomic E-state index is 12.3. The Labute approximate surface area is 143 Å². The number of rotatable bonds is 6. The fourth-order valence-corrected chi connectivity index (χ4v) is 3.74. The number of anilines is 1. The minimum atomic E-state index is -3.70.